The second-order valence-corrected chi connectivity index (χ2v) is 8.26. The summed E-state index contributed by atoms with van der Waals surface area (Å²) in [5.74, 6) is 0.536. The zero-order chi connectivity index (χ0) is 23.9. The van der Waals surface area contributed by atoms with E-state index in [1.165, 1.54) is 18.3 Å². The van der Waals surface area contributed by atoms with Crippen LogP contribution in [0.1, 0.15) is 28.4 Å². The summed E-state index contributed by atoms with van der Waals surface area (Å²) < 4.78 is 12.7. The molecule has 2 N–H and O–H groups in total. The fourth-order valence-corrected chi connectivity index (χ4v) is 4.10. The van der Waals surface area contributed by atoms with Crippen LogP contribution in [0.25, 0.3) is 10.8 Å². The van der Waals surface area contributed by atoms with Gasteiger partial charge in [-0.1, -0.05) is 54.6 Å². The van der Waals surface area contributed by atoms with Crippen molar-refractivity contribution in [3.63, 3.8) is 0 Å². The van der Waals surface area contributed by atoms with E-state index >= 15 is 0 Å². The Morgan fingerprint density at radius 2 is 1.79 bits per heavy atom. The first-order chi connectivity index (χ1) is 16.6. The van der Waals surface area contributed by atoms with Gasteiger partial charge in [0.15, 0.2) is 11.5 Å². The van der Waals surface area contributed by atoms with Crippen LogP contribution in [0, 0.1) is 0 Å². The molecule has 4 aromatic carbocycles. The lowest BCUT2D eigenvalue weighted by molar-refractivity contribution is 0.0952. The summed E-state index contributed by atoms with van der Waals surface area (Å²) in [7, 11) is 0. The lowest BCUT2D eigenvalue weighted by atomic mass is 10.1. The van der Waals surface area contributed by atoms with E-state index in [0.717, 1.165) is 16.3 Å². The third-order valence-electron chi connectivity index (χ3n) is 5.11. The van der Waals surface area contributed by atoms with E-state index in [-0.39, 0.29) is 11.3 Å². The van der Waals surface area contributed by atoms with Crippen molar-refractivity contribution >= 4 is 38.8 Å². The minimum Gasteiger partial charge on any atom is -0.507 e. The topological polar surface area (TPSA) is 80.2 Å². The Labute approximate surface area is 206 Å². The molecule has 0 atom stereocenters. The Kier molecular flexibility index (Phi) is 7.44. The largest absolute Gasteiger partial charge is 0.507 e. The maximum Gasteiger partial charge on any atom is 0.275 e. The monoisotopic (exact) mass is 518 g/mol. The molecule has 0 bridgehead atoms. The second-order valence-electron chi connectivity index (χ2n) is 7.41. The maximum absolute atomic E-state index is 12.2. The molecule has 0 saturated carbocycles. The number of fused-ring (bicyclic) bond motifs is 1. The number of para-hydroxylation sites is 1. The van der Waals surface area contributed by atoms with Crippen molar-refractivity contribution in [1.82, 2.24) is 5.43 Å². The maximum atomic E-state index is 12.2. The third kappa shape index (κ3) is 5.38. The van der Waals surface area contributed by atoms with Gasteiger partial charge in [0.05, 0.1) is 22.9 Å². The number of ether oxygens (including phenoxy) is 2. The molecule has 1 amide bonds. The van der Waals surface area contributed by atoms with Crippen LogP contribution in [0.4, 0.5) is 0 Å². The van der Waals surface area contributed by atoms with Crippen LogP contribution in [0.5, 0.6) is 17.2 Å². The highest BCUT2D eigenvalue weighted by Gasteiger charge is 2.13. The number of carbonyl (C=O) groups is 1. The first-order valence-electron chi connectivity index (χ1n) is 10.7. The van der Waals surface area contributed by atoms with Crippen LogP contribution < -0.4 is 14.9 Å². The number of hydrazone groups is 1. The lowest BCUT2D eigenvalue weighted by Gasteiger charge is -2.15. The molecule has 172 valence electrons. The summed E-state index contributed by atoms with van der Waals surface area (Å²) >= 11 is 3.57. The molecule has 0 heterocycles. The zero-order valence-corrected chi connectivity index (χ0v) is 20.1. The summed E-state index contributed by atoms with van der Waals surface area (Å²) in [4.78, 5) is 12.2. The molecule has 0 aliphatic heterocycles. The minimum absolute atomic E-state index is 0.107. The lowest BCUT2D eigenvalue weighted by Crippen LogP contribution is -2.17. The molecule has 0 radical (unpaired) electrons. The Morgan fingerprint density at radius 3 is 2.62 bits per heavy atom. The van der Waals surface area contributed by atoms with E-state index in [0.29, 0.717) is 34.7 Å². The van der Waals surface area contributed by atoms with Gasteiger partial charge in [0.2, 0.25) is 0 Å². The summed E-state index contributed by atoms with van der Waals surface area (Å²) in [6.45, 7) is 2.74. The highest BCUT2D eigenvalue weighted by Crippen LogP contribution is 2.37. The van der Waals surface area contributed by atoms with E-state index in [2.05, 4.69) is 44.7 Å². The van der Waals surface area contributed by atoms with Crippen LogP contribution >= 0.6 is 15.9 Å². The molecule has 0 saturated heterocycles. The van der Waals surface area contributed by atoms with Crippen molar-refractivity contribution < 1.29 is 19.4 Å². The molecule has 4 rings (SSSR count). The molecule has 0 unspecified atom stereocenters. The number of phenolic OH excluding ortho intramolecular Hbond substituents is 1. The van der Waals surface area contributed by atoms with Crippen molar-refractivity contribution in [3.05, 3.63) is 100 Å². The number of rotatable bonds is 8. The predicted octanol–water partition coefficient (Wildman–Crippen LogP) is 6.05. The van der Waals surface area contributed by atoms with Gasteiger partial charge in [0, 0.05) is 0 Å². The number of hydrogen-bond acceptors (Lipinski definition) is 5. The zero-order valence-electron chi connectivity index (χ0n) is 18.5. The summed E-state index contributed by atoms with van der Waals surface area (Å²) in [6, 6.07) is 24.2. The van der Waals surface area contributed by atoms with Gasteiger partial charge >= 0.3 is 0 Å². The molecular formula is C27H23BrN2O4. The molecule has 0 aliphatic rings. The van der Waals surface area contributed by atoms with Gasteiger partial charge in [-0.2, -0.15) is 5.10 Å². The van der Waals surface area contributed by atoms with Crippen molar-refractivity contribution in [2.24, 2.45) is 5.10 Å². The van der Waals surface area contributed by atoms with E-state index < -0.39 is 5.91 Å². The highest BCUT2D eigenvalue weighted by atomic mass is 79.9. The van der Waals surface area contributed by atoms with Crippen LogP contribution in [0.2, 0.25) is 0 Å². The molecular weight excluding hydrogens is 496 g/mol. The SMILES string of the molecule is CCOc1cc(/C=N\NC(=O)c2ccccc2O)cc(Br)c1OCc1cccc2ccccc12. The number of amides is 1. The highest BCUT2D eigenvalue weighted by molar-refractivity contribution is 9.10. The van der Waals surface area contributed by atoms with E-state index in [4.69, 9.17) is 9.47 Å². The third-order valence-corrected chi connectivity index (χ3v) is 5.70. The van der Waals surface area contributed by atoms with Crippen LogP contribution in [-0.2, 0) is 6.61 Å². The smallest absolute Gasteiger partial charge is 0.275 e. The number of halogens is 1. The molecule has 0 aromatic heterocycles. The van der Waals surface area contributed by atoms with Gasteiger partial charge in [-0.05, 0) is 69.0 Å². The Hall–Kier alpha value is -3.84. The van der Waals surface area contributed by atoms with Crippen LogP contribution in [-0.4, -0.2) is 23.8 Å². The number of hydrogen-bond donors (Lipinski definition) is 2. The van der Waals surface area contributed by atoms with Crippen LogP contribution in [0.3, 0.4) is 0 Å². The Balaban J connectivity index is 1.51. The number of nitrogens with zero attached hydrogens (tertiary/aromatic N) is 1. The molecule has 0 fully saturated rings. The molecule has 6 nitrogen and oxygen atoms in total. The van der Waals surface area contributed by atoms with Gasteiger partial charge in [-0.25, -0.2) is 5.43 Å². The first-order valence-corrected chi connectivity index (χ1v) is 11.5. The van der Waals surface area contributed by atoms with Crippen molar-refractivity contribution in [1.29, 1.82) is 0 Å². The average molecular weight is 519 g/mol. The molecule has 34 heavy (non-hydrogen) atoms. The number of nitrogens with one attached hydrogen (secondary N) is 1. The number of carbonyl (C=O) groups excluding carboxylic acids is 1. The Morgan fingerprint density at radius 1 is 1.03 bits per heavy atom. The quantitative estimate of drug-likeness (QED) is 0.220. The van der Waals surface area contributed by atoms with Gasteiger partial charge in [0.1, 0.15) is 12.4 Å². The van der Waals surface area contributed by atoms with Crippen molar-refractivity contribution in [2.75, 3.05) is 6.61 Å². The number of phenols is 1. The molecule has 0 aliphatic carbocycles. The van der Waals surface area contributed by atoms with E-state index in [1.54, 1.807) is 18.2 Å². The molecule has 7 heteroatoms. The summed E-state index contributed by atoms with van der Waals surface area (Å²) in [5, 5.41) is 16.1. The fourth-order valence-electron chi connectivity index (χ4n) is 3.53. The van der Waals surface area contributed by atoms with Crippen LogP contribution in [0.15, 0.2) is 88.4 Å². The van der Waals surface area contributed by atoms with E-state index in [9.17, 15) is 9.90 Å². The summed E-state index contributed by atoms with van der Waals surface area (Å²) in [6.07, 6.45) is 1.50. The minimum atomic E-state index is -0.506. The first kappa shape index (κ1) is 23.3. The second kappa shape index (κ2) is 10.9. The standard InChI is InChI=1S/C27H23BrN2O4/c1-2-33-25-15-18(16-29-30-27(32)22-12-5-6-13-24(22)31)14-23(28)26(25)34-17-20-10-7-9-19-8-3-4-11-21(19)20/h3-16,31H,2,17H2,1H3,(H,30,32)/b29-16-. The van der Waals surface area contributed by atoms with Gasteiger partial charge in [-0.15, -0.1) is 0 Å². The molecule has 0 spiro atoms. The average Bonchev–Trinajstić information content (AvgIpc) is 2.84. The molecule has 4 aromatic rings. The summed E-state index contributed by atoms with van der Waals surface area (Å²) in [5.41, 5.74) is 4.34. The van der Waals surface area contributed by atoms with E-state index in [1.807, 2.05) is 37.3 Å². The van der Waals surface area contributed by atoms with Gasteiger partial charge < -0.3 is 14.6 Å². The predicted molar refractivity (Wildman–Crippen MR) is 137 cm³/mol. The van der Waals surface area contributed by atoms with Gasteiger partial charge in [0.25, 0.3) is 5.91 Å². The Bertz CT molecular complexity index is 1350. The fraction of sp³-hybridized carbons (Fsp3) is 0.111. The van der Waals surface area contributed by atoms with Gasteiger partial charge in [-0.3, -0.25) is 4.79 Å². The van der Waals surface area contributed by atoms with Crippen molar-refractivity contribution in [3.8, 4) is 17.2 Å². The normalized spacial score (nSPS) is 11.0. The van der Waals surface area contributed by atoms with Crippen molar-refractivity contribution in [2.45, 2.75) is 13.5 Å². The number of aromatic hydroxyl groups is 1. The number of benzene rings is 4.